The molecule has 0 saturated carbocycles. The molecule has 3 heteroatoms. The molecule has 1 saturated heterocycles. The summed E-state index contributed by atoms with van der Waals surface area (Å²) in [5, 5.41) is 2.80. The lowest BCUT2D eigenvalue weighted by molar-refractivity contribution is -0.130. The van der Waals surface area contributed by atoms with Crippen molar-refractivity contribution in [1.29, 1.82) is 0 Å². The highest BCUT2D eigenvalue weighted by atomic mass is 16.5. The van der Waals surface area contributed by atoms with Crippen molar-refractivity contribution >= 4 is 5.91 Å². The van der Waals surface area contributed by atoms with Gasteiger partial charge in [-0.2, -0.15) is 0 Å². The molecule has 0 aromatic carbocycles. The fraction of sp³-hybridized carbons (Fsp3) is 0.700. The third kappa shape index (κ3) is 3.47. The number of terminal acetylenes is 1. The van der Waals surface area contributed by atoms with E-state index in [1.165, 1.54) is 0 Å². The second kappa shape index (κ2) is 5.60. The molecule has 1 amide bonds. The highest BCUT2D eigenvalue weighted by Crippen LogP contribution is 2.11. The quantitative estimate of drug-likeness (QED) is 0.512. The highest BCUT2D eigenvalue weighted by Gasteiger charge is 2.22. The number of ether oxygens (including phenoxy) is 1. The predicted molar refractivity (Wildman–Crippen MR) is 50.1 cm³/mol. The summed E-state index contributed by atoms with van der Waals surface area (Å²) >= 11 is 0. The third-order valence-electron chi connectivity index (χ3n) is 2.02. The molecule has 0 spiro atoms. The van der Waals surface area contributed by atoms with Crippen LogP contribution in [0.4, 0.5) is 0 Å². The summed E-state index contributed by atoms with van der Waals surface area (Å²) in [4.78, 5) is 11.3. The lowest BCUT2D eigenvalue weighted by atomic mass is 10.2. The molecule has 0 aliphatic carbocycles. The highest BCUT2D eigenvalue weighted by molar-refractivity contribution is 5.80. The number of unbranched alkanes of at least 4 members (excludes halogenated alkanes) is 1. The molecular formula is C10H15NO2. The second-order valence-electron chi connectivity index (χ2n) is 3.10. The van der Waals surface area contributed by atoms with Gasteiger partial charge in [-0.3, -0.25) is 4.79 Å². The number of rotatable bonds is 4. The first kappa shape index (κ1) is 10.1. The maximum absolute atomic E-state index is 11.3. The van der Waals surface area contributed by atoms with Gasteiger partial charge >= 0.3 is 0 Å². The lowest BCUT2D eigenvalue weighted by Crippen LogP contribution is -2.34. The van der Waals surface area contributed by atoms with E-state index in [4.69, 9.17) is 11.2 Å². The first-order valence-electron chi connectivity index (χ1n) is 4.67. The SMILES string of the molecule is C#CCCCNC(=O)C1CCCO1. The summed E-state index contributed by atoms with van der Waals surface area (Å²) in [6, 6.07) is 0. The Morgan fingerprint density at radius 3 is 3.15 bits per heavy atom. The van der Waals surface area contributed by atoms with Crippen molar-refractivity contribution in [1.82, 2.24) is 5.32 Å². The van der Waals surface area contributed by atoms with Crippen LogP contribution in [0.25, 0.3) is 0 Å². The summed E-state index contributed by atoms with van der Waals surface area (Å²) < 4.78 is 5.22. The average molecular weight is 181 g/mol. The molecule has 1 rings (SSSR count). The molecule has 3 nitrogen and oxygen atoms in total. The largest absolute Gasteiger partial charge is 0.368 e. The van der Waals surface area contributed by atoms with E-state index in [-0.39, 0.29) is 12.0 Å². The molecule has 0 aromatic heterocycles. The molecule has 1 N–H and O–H groups in total. The van der Waals surface area contributed by atoms with Crippen molar-refractivity contribution in [3.63, 3.8) is 0 Å². The maximum atomic E-state index is 11.3. The molecular weight excluding hydrogens is 166 g/mol. The number of carbonyl (C=O) groups is 1. The number of hydrogen-bond acceptors (Lipinski definition) is 2. The van der Waals surface area contributed by atoms with Gasteiger partial charge in [0.2, 0.25) is 5.91 Å². The van der Waals surface area contributed by atoms with Crippen molar-refractivity contribution in [3.05, 3.63) is 0 Å². The van der Waals surface area contributed by atoms with Gasteiger partial charge < -0.3 is 10.1 Å². The standard InChI is InChI=1S/C10H15NO2/c1-2-3-4-7-11-10(12)9-6-5-8-13-9/h1,9H,3-8H2,(H,11,12). The van der Waals surface area contributed by atoms with E-state index in [2.05, 4.69) is 11.2 Å². The van der Waals surface area contributed by atoms with Gasteiger partial charge in [0, 0.05) is 19.6 Å². The van der Waals surface area contributed by atoms with E-state index in [0.29, 0.717) is 19.6 Å². The Balaban J connectivity index is 2.07. The molecule has 1 unspecified atom stereocenters. The minimum Gasteiger partial charge on any atom is -0.368 e. The van der Waals surface area contributed by atoms with Gasteiger partial charge in [0.05, 0.1) is 0 Å². The number of carbonyl (C=O) groups excluding carboxylic acids is 1. The van der Waals surface area contributed by atoms with Gasteiger partial charge in [-0.15, -0.1) is 12.3 Å². The van der Waals surface area contributed by atoms with E-state index < -0.39 is 0 Å². The second-order valence-corrected chi connectivity index (χ2v) is 3.10. The summed E-state index contributed by atoms with van der Waals surface area (Å²) in [6.45, 7) is 1.37. The number of nitrogens with one attached hydrogen (secondary N) is 1. The van der Waals surface area contributed by atoms with Crippen molar-refractivity contribution in [2.24, 2.45) is 0 Å². The predicted octanol–water partition coefficient (Wildman–Crippen LogP) is 0.695. The van der Waals surface area contributed by atoms with E-state index in [1.807, 2.05) is 0 Å². The molecule has 13 heavy (non-hydrogen) atoms. The normalized spacial score (nSPS) is 21.0. The molecule has 1 heterocycles. The van der Waals surface area contributed by atoms with Gasteiger partial charge in [-0.05, 0) is 19.3 Å². The molecule has 0 radical (unpaired) electrons. The zero-order chi connectivity index (χ0) is 9.52. The van der Waals surface area contributed by atoms with Crippen LogP contribution in [0.3, 0.4) is 0 Å². The van der Waals surface area contributed by atoms with Crippen LogP contribution in [0.15, 0.2) is 0 Å². The summed E-state index contributed by atoms with van der Waals surface area (Å²) in [5.74, 6) is 2.54. The molecule has 1 fully saturated rings. The zero-order valence-electron chi connectivity index (χ0n) is 7.71. The molecule has 1 aliphatic heterocycles. The Hall–Kier alpha value is -1.01. The van der Waals surface area contributed by atoms with Crippen molar-refractivity contribution in [3.8, 4) is 12.3 Å². The zero-order valence-corrected chi connectivity index (χ0v) is 7.71. The van der Waals surface area contributed by atoms with Gasteiger partial charge in [-0.25, -0.2) is 0 Å². The smallest absolute Gasteiger partial charge is 0.249 e. The van der Waals surface area contributed by atoms with Crippen LogP contribution in [0, 0.1) is 12.3 Å². The van der Waals surface area contributed by atoms with Crippen LogP contribution in [0.2, 0.25) is 0 Å². The number of hydrogen-bond donors (Lipinski definition) is 1. The topological polar surface area (TPSA) is 38.3 Å². The van der Waals surface area contributed by atoms with E-state index >= 15 is 0 Å². The first-order valence-corrected chi connectivity index (χ1v) is 4.67. The van der Waals surface area contributed by atoms with Crippen molar-refractivity contribution in [2.45, 2.75) is 31.8 Å². The minimum atomic E-state index is -0.217. The molecule has 0 aromatic rings. The summed E-state index contributed by atoms with van der Waals surface area (Å²) in [7, 11) is 0. The van der Waals surface area contributed by atoms with Crippen LogP contribution < -0.4 is 5.32 Å². The number of amides is 1. The van der Waals surface area contributed by atoms with Gasteiger partial charge in [0.15, 0.2) is 0 Å². The van der Waals surface area contributed by atoms with Gasteiger partial charge in [0.1, 0.15) is 6.10 Å². The van der Waals surface area contributed by atoms with Gasteiger partial charge in [0.25, 0.3) is 0 Å². The fourth-order valence-electron chi connectivity index (χ4n) is 1.30. The summed E-state index contributed by atoms with van der Waals surface area (Å²) in [5.41, 5.74) is 0. The average Bonchev–Trinajstić information content (AvgIpc) is 2.65. The third-order valence-corrected chi connectivity index (χ3v) is 2.02. The monoisotopic (exact) mass is 181 g/mol. The minimum absolute atomic E-state index is 0.00882. The molecule has 1 aliphatic rings. The Morgan fingerprint density at radius 1 is 1.69 bits per heavy atom. The van der Waals surface area contributed by atoms with E-state index in [0.717, 1.165) is 19.3 Å². The Labute approximate surface area is 78.8 Å². The molecule has 1 atom stereocenters. The Bertz CT molecular complexity index is 201. The van der Waals surface area contributed by atoms with Crippen LogP contribution in [0.1, 0.15) is 25.7 Å². The summed E-state index contributed by atoms with van der Waals surface area (Å²) in [6.07, 6.45) is 8.26. The van der Waals surface area contributed by atoms with Crippen molar-refractivity contribution in [2.75, 3.05) is 13.2 Å². The van der Waals surface area contributed by atoms with Crippen LogP contribution in [0.5, 0.6) is 0 Å². The Morgan fingerprint density at radius 2 is 2.54 bits per heavy atom. The first-order chi connectivity index (χ1) is 6.34. The van der Waals surface area contributed by atoms with Crippen LogP contribution in [-0.4, -0.2) is 25.2 Å². The van der Waals surface area contributed by atoms with Crippen molar-refractivity contribution < 1.29 is 9.53 Å². The van der Waals surface area contributed by atoms with Crippen LogP contribution in [-0.2, 0) is 9.53 Å². The Kier molecular flexibility index (Phi) is 4.34. The molecule has 0 bridgehead atoms. The van der Waals surface area contributed by atoms with Gasteiger partial charge in [-0.1, -0.05) is 0 Å². The van der Waals surface area contributed by atoms with E-state index in [9.17, 15) is 4.79 Å². The maximum Gasteiger partial charge on any atom is 0.249 e. The van der Waals surface area contributed by atoms with Crippen LogP contribution >= 0.6 is 0 Å². The fourth-order valence-corrected chi connectivity index (χ4v) is 1.30. The van der Waals surface area contributed by atoms with E-state index in [1.54, 1.807) is 0 Å². The lowest BCUT2D eigenvalue weighted by Gasteiger charge is -2.09. The molecule has 72 valence electrons.